The minimum Gasteiger partial charge on any atom is -0.378 e. The molecule has 1 unspecified atom stereocenters. The Morgan fingerprint density at radius 1 is 1.33 bits per heavy atom. The van der Waals surface area contributed by atoms with Gasteiger partial charge in [0.05, 0.1) is 6.10 Å². The van der Waals surface area contributed by atoms with Gasteiger partial charge < -0.3 is 15.4 Å². The van der Waals surface area contributed by atoms with Crippen LogP contribution in [0.25, 0.3) is 0 Å². The zero-order chi connectivity index (χ0) is 12.8. The summed E-state index contributed by atoms with van der Waals surface area (Å²) in [6.07, 6.45) is 5.14. The fourth-order valence-electron chi connectivity index (χ4n) is 2.18. The molecule has 100 valence electrons. The fourth-order valence-corrected chi connectivity index (χ4v) is 2.18. The lowest BCUT2D eigenvalue weighted by molar-refractivity contribution is 0.0134. The van der Waals surface area contributed by atoms with E-state index < -0.39 is 0 Å². The molecular weight excluding hydrogens is 228 g/mol. The summed E-state index contributed by atoms with van der Waals surface area (Å²) in [6, 6.07) is 1.93. The molecule has 0 aromatic carbocycles. The van der Waals surface area contributed by atoms with E-state index in [4.69, 9.17) is 4.74 Å². The van der Waals surface area contributed by atoms with Gasteiger partial charge in [-0.2, -0.15) is 0 Å². The number of ether oxygens (including phenoxy) is 1. The van der Waals surface area contributed by atoms with E-state index in [0.29, 0.717) is 6.10 Å². The Balaban J connectivity index is 1.80. The Morgan fingerprint density at radius 3 is 2.89 bits per heavy atom. The van der Waals surface area contributed by atoms with Crippen LogP contribution in [0.1, 0.15) is 31.5 Å². The van der Waals surface area contributed by atoms with Gasteiger partial charge in [0.1, 0.15) is 17.5 Å². The molecule has 2 N–H and O–H groups in total. The third-order valence-corrected chi connectivity index (χ3v) is 3.14. The molecule has 0 aliphatic carbocycles. The monoisotopic (exact) mass is 250 g/mol. The van der Waals surface area contributed by atoms with Gasteiger partial charge in [-0.15, -0.1) is 0 Å². The molecule has 1 aliphatic heterocycles. The summed E-state index contributed by atoms with van der Waals surface area (Å²) >= 11 is 0. The molecule has 0 amide bonds. The van der Waals surface area contributed by atoms with E-state index in [-0.39, 0.29) is 0 Å². The quantitative estimate of drug-likeness (QED) is 0.839. The molecule has 1 aromatic rings. The van der Waals surface area contributed by atoms with Crippen LogP contribution in [0.15, 0.2) is 6.07 Å². The highest BCUT2D eigenvalue weighted by Gasteiger charge is 2.13. The minimum absolute atomic E-state index is 0.415. The molecule has 2 heterocycles. The van der Waals surface area contributed by atoms with Crippen molar-refractivity contribution in [2.24, 2.45) is 0 Å². The van der Waals surface area contributed by atoms with Crippen LogP contribution in [0.3, 0.4) is 0 Å². The van der Waals surface area contributed by atoms with Crippen LogP contribution in [-0.2, 0) is 4.74 Å². The summed E-state index contributed by atoms with van der Waals surface area (Å²) < 4.78 is 5.70. The second-order valence-electron chi connectivity index (χ2n) is 4.64. The van der Waals surface area contributed by atoms with Crippen LogP contribution in [0.5, 0.6) is 0 Å². The van der Waals surface area contributed by atoms with Crippen molar-refractivity contribution >= 4 is 11.6 Å². The lowest BCUT2D eigenvalue weighted by atomic mass is 10.1. The average molecular weight is 250 g/mol. The van der Waals surface area contributed by atoms with E-state index in [2.05, 4.69) is 20.6 Å². The molecule has 1 aromatic heterocycles. The highest BCUT2D eigenvalue weighted by atomic mass is 16.5. The van der Waals surface area contributed by atoms with Crippen molar-refractivity contribution in [1.29, 1.82) is 0 Å². The van der Waals surface area contributed by atoms with Crippen molar-refractivity contribution in [2.75, 3.05) is 30.8 Å². The van der Waals surface area contributed by atoms with Gasteiger partial charge in [0.25, 0.3) is 0 Å². The number of nitrogens with one attached hydrogen (secondary N) is 2. The van der Waals surface area contributed by atoms with Crippen molar-refractivity contribution < 1.29 is 4.74 Å². The summed E-state index contributed by atoms with van der Waals surface area (Å²) in [5.41, 5.74) is 0. The standard InChI is InChI=1S/C13H22N4O/c1-10-16-12(14-2)9-13(17-10)15-7-6-11-5-3-4-8-18-11/h9,11H,3-8H2,1-2H3,(H2,14,15,16,17). The number of hydrogen-bond donors (Lipinski definition) is 2. The van der Waals surface area contributed by atoms with Crippen molar-refractivity contribution in [3.63, 3.8) is 0 Å². The maximum absolute atomic E-state index is 5.70. The van der Waals surface area contributed by atoms with Crippen LogP contribution in [0.2, 0.25) is 0 Å². The number of anilines is 2. The van der Waals surface area contributed by atoms with E-state index in [1.807, 2.05) is 20.0 Å². The van der Waals surface area contributed by atoms with Gasteiger partial charge in [-0.1, -0.05) is 0 Å². The maximum Gasteiger partial charge on any atom is 0.131 e. The van der Waals surface area contributed by atoms with Crippen LogP contribution in [-0.4, -0.2) is 36.3 Å². The van der Waals surface area contributed by atoms with Crippen molar-refractivity contribution in [1.82, 2.24) is 9.97 Å². The third-order valence-electron chi connectivity index (χ3n) is 3.14. The van der Waals surface area contributed by atoms with Crippen LogP contribution < -0.4 is 10.6 Å². The zero-order valence-electron chi connectivity index (χ0n) is 11.2. The van der Waals surface area contributed by atoms with Crippen molar-refractivity contribution in [3.8, 4) is 0 Å². The number of aryl methyl sites for hydroxylation is 1. The van der Waals surface area contributed by atoms with Gasteiger partial charge in [-0.3, -0.25) is 0 Å². The van der Waals surface area contributed by atoms with Crippen LogP contribution in [0.4, 0.5) is 11.6 Å². The van der Waals surface area contributed by atoms with Gasteiger partial charge in [0.15, 0.2) is 0 Å². The first-order valence-electron chi connectivity index (χ1n) is 6.67. The zero-order valence-corrected chi connectivity index (χ0v) is 11.2. The SMILES string of the molecule is CNc1cc(NCCC2CCCCO2)nc(C)n1. The molecule has 0 bridgehead atoms. The molecule has 1 aliphatic rings. The molecule has 0 saturated carbocycles. The lowest BCUT2D eigenvalue weighted by Gasteiger charge is -2.22. The molecule has 18 heavy (non-hydrogen) atoms. The van der Waals surface area contributed by atoms with E-state index >= 15 is 0 Å². The van der Waals surface area contributed by atoms with Crippen molar-refractivity contribution in [3.05, 3.63) is 11.9 Å². The first-order chi connectivity index (χ1) is 8.78. The Kier molecular flexibility index (Phi) is 4.75. The highest BCUT2D eigenvalue weighted by Crippen LogP contribution is 2.16. The predicted octanol–water partition coefficient (Wildman–Crippen LogP) is 2.20. The minimum atomic E-state index is 0.415. The van der Waals surface area contributed by atoms with Gasteiger partial charge in [-0.05, 0) is 32.6 Å². The molecule has 2 rings (SSSR count). The second kappa shape index (κ2) is 6.54. The molecule has 5 heteroatoms. The Hall–Kier alpha value is -1.36. The van der Waals surface area contributed by atoms with E-state index in [9.17, 15) is 0 Å². The summed E-state index contributed by atoms with van der Waals surface area (Å²) in [4.78, 5) is 8.62. The van der Waals surface area contributed by atoms with Gasteiger partial charge >= 0.3 is 0 Å². The highest BCUT2D eigenvalue weighted by molar-refractivity contribution is 5.46. The number of rotatable bonds is 5. The van der Waals surface area contributed by atoms with Gasteiger partial charge in [0.2, 0.25) is 0 Å². The molecule has 1 fully saturated rings. The van der Waals surface area contributed by atoms with E-state index in [1.54, 1.807) is 0 Å². The lowest BCUT2D eigenvalue weighted by Crippen LogP contribution is -2.22. The van der Waals surface area contributed by atoms with Gasteiger partial charge in [-0.25, -0.2) is 9.97 Å². The smallest absolute Gasteiger partial charge is 0.131 e. The summed E-state index contributed by atoms with van der Waals surface area (Å²) in [5, 5.41) is 6.37. The molecular formula is C13H22N4O. The average Bonchev–Trinajstić information content (AvgIpc) is 2.39. The molecule has 0 radical (unpaired) electrons. The summed E-state index contributed by atoms with van der Waals surface area (Å²) in [6.45, 7) is 3.71. The van der Waals surface area contributed by atoms with Crippen LogP contribution in [0, 0.1) is 6.92 Å². The number of nitrogens with zero attached hydrogens (tertiary/aromatic N) is 2. The second-order valence-corrected chi connectivity index (χ2v) is 4.64. The summed E-state index contributed by atoms with van der Waals surface area (Å²) in [7, 11) is 1.86. The first-order valence-corrected chi connectivity index (χ1v) is 6.67. The predicted molar refractivity (Wildman–Crippen MR) is 73.0 cm³/mol. The Labute approximate surface area is 108 Å². The Bertz CT molecular complexity index is 377. The largest absolute Gasteiger partial charge is 0.378 e. The van der Waals surface area contributed by atoms with Gasteiger partial charge in [0, 0.05) is 26.3 Å². The summed E-state index contributed by atoms with van der Waals surface area (Å²) in [5.74, 6) is 2.50. The molecule has 0 spiro atoms. The first kappa shape index (κ1) is 13.1. The maximum atomic E-state index is 5.70. The van der Waals surface area contributed by atoms with E-state index in [1.165, 1.54) is 19.3 Å². The Morgan fingerprint density at radius 2 is 2.17 bits per heavy atom. The molecule has 5 nitrogen and oxygen atoms in total. The third kappa shape index (κ3) is 3.84. The van der Waals surface area contributed by atoms with Crippen LogP contribution >= 0.6 is 0 Å². The number of aromatic nitrogens is 2. The fraction of sp³-hybridized carbons (Fsp3) is 0.692. The van der Waals surface area contributed by atoms with Crippen molar-refractivity contribution in [2.45, 2.75) is 38.7 Å². The normalized spacial score (nSPS) is 19.6. The molecule has 1 atom stereocenters. The molecule has 1 saturated heterocycles. The number of hydrogen-bond acceptors (Lipinski definition) is 5. The topological polar surface area (TPSA) is 59.1 Å². The van der Waals surface area contributed by atoms with E-state index in [0.717, 1.165) is 37.0 Å².